The zero-order valence-corrected chi connectivity index (χ0v) is 11.9. The van der Waals surface area contributed by atoms with E-state index < -0.39 is 0 Å². The van der Waals surface area contributed by atoms with E-state index in [1.165, 1.54) is 30.2 Å². The number of hydrogen-bond donors (Lipinski definition) is 1. The van der Waals surface area contributed by atoms with Crippen molar-refractivity contribution in [2.45, 2.75) is 45.6 Å². The van der Waals surface area contributed by atoms with Gasteiger partial charge < -0.3 is 9.73 Å². The van der Waals surface area contributed by atoms with Crippen molar-refractivity contribution in [1.29, 1.82) is 0 Å². The Balaban J connectivity index is 2.03. The Labute approximate surface area is 115 Å². The van der Waals surface area contributed by atoms with E-state index in [4.69, 9.17) is 4.42 Å². The molecule has 1 unspecified atom stereocenters. The molecule has 1 aromatic heterocycles. The minimum Gasteiger partial charge on any atom is -0.461 e. The maximum Gasteiger partial charge on any atom is 0.134 e. The van der Waals surface area contributed by atoms with Crippen LogP contribution in [0.5, 0.6) is 0 Å². The van der Waals surface area contributed by atoms with Crippen LogP contribution in [0, 0.1) is 5.92 Å². The Kier molecular flexibility index (Phi) is 3.61. The van der Waals surface area contributed by atoms with Crippen molar-refractivity contribution in [2.24, 2.45) is 5.92 Å². The Hall–Kier alpha value is -1.28. The van der Waals surface area contributed by atoms with Crippen molar-refractivity contribution in [3.8, 4) is 0 Å². The van der Waals surface area contributed by atoms with Gasteiger partial charge in [-0.05, 0) is 24.9 Å². The first-order valence-corrected chi connectivity index (χ1v) is 7.57. The third-order valence-electron chi connectivity index (χ3n) is 4.10. The second-order valence-electron chi connectivity index (χ2n) is 5.58. The second kappa shape index (κ2) is 5.38. The summed E-state index contributed by atoms with van der Waals surface area (Å²) in [6.07, 6.45) is 5.03. The first kappa shape index (κ1) is 12.7. The number of fused-ring (bicyclic) bond motifs is 1. The van der Waals surface area contributed by atoms with Crippen LogP contribution in [-0.2, 0) is 6.42 Å². The van der Waals surface area contributed by atoms with Crippen LogP contribution in [0.1, 0.15) is 50.5 Å². The smallest absolute Gasteiger partial charge is 0.134 e. The molecular formula is C17H23NO. The van der Waals surface area contributed by atoms with Crippen LogP contribution in [-0.4, -0.2) is 6.54 Å². The zero-order valence-electron chi connectivity index (χ0n) is 11.9. The van der Waals surface area contributed by atoms with Crippen LogP contribution in [0.25, 0.3) is 11.0 Å². The molecule has 0 bridgehead atoms. The van der Waals surface area contributed by atoms with Gasteiger partial charge in [-0.1, -0.05) is 44.9 Å². The summed E-state index contributed by atoms with van der Waals surface area (Å²) >= 11 is 0. The Bertz CT molecular complexity index is 553. The molecule has 2 nitrogen and oxygen atoms in total. The lowest BCUT2D eigenvalue weighted by atomic mass is 9.97. The van der Waals surface area contributed by atoms with Gasteiger partial charge in [0.1, 0.15) is 11.3 Å². The molecule has 1 aromatic carbocycles. The van der Waals surface area contributed by atoms with Crippen molar-refractivity contribution in [3.05, 3.63) is 35.6 Å². The summed E-state index contributed by atoms with van der Waals surface area (Å²) < 4.78 is 6.04. The molecule has 1 heterocycles. The first-order chi connectivity index (χ1) is 9.33. The van der Waals surface area contributed by atoms with Crippen LogP contribution in [0.3, 0.4) is 0 Å². The lowest BCUT2D eigenvalue weighted by Gasteiger charge is -2.18. The lowest BCUT2D eigenvalue weighted by Crippen LogP contribution is -2.22. The number of hydrogen-bond acceptors (Lipinski definition) is 2. The quantitative estimate of drug-likeness (QED) is 0.827. The molecule has 2 heteroatoms. The van der Waals surface area contributed by atoms with E-state index in [1.807, 2.05) is 0 Å². The maximum atomic E-state index is 6.04. The highest BCUT2D eigenvalue weighted by Gasteiger charge is 2.29. The fourth-order valence-corrected chi connectivity index (χ4v) is 3.00. The summed E-state index contributed by atoms with van der Waals surface area (Å²) in [5.41, 5.74) is 2.44. The minimum absolute atomic E-state index is 0.455. The number of rotatable bonds is 6. The van der Waals surface area contributed by atoms with Gasteiger partial charge in [0.15, 0.2) is 0 Å². The SMILES string of the molecule is CCNC(CC1CC1)c1c(CC)oc2ccccc12. The molecule has 0 amide bonds. The molecule has 2 aromatic rings. The predicted molar refractivity (Wildman–Crippen MR) is 79.4 cm³/mol. The van der Waals surface area contributed by atoms with Gasteiger partial charge in [0, 0.05) is 23.4 Å². The van der Waals surface area contributed by atoms with Crippen LogP contribution in [0.2, 0.25) is 0 Å². The van der Waals surface area contributed by atoms with E-state index in [0.29, 0.717) is 6.04 Å². The van der Waals surface area contributed by atoms with Crippen molar-refractivity contribution in [1.82, 2.24) is 5.32 Å². The molecule has 0 saturated heterocycles. The number of benzene rings is 1. The molecule has 3 rings (SSSR count). The molecule has 1 aliphatic rings. The van der Waals surface area contributed by atoms with Crippen molar-refractivity contribution in [2.75, 3.05) is 6.54 Å². The van der Waals surface area contributed by atoms with Gasteiger partial charge in [0.05, 0.1) is 0 Å². The zero-order chi connectivity index (χ0) is 13.2. The summed E-state index contributed by atoms with van der Waals surface area (Å²) in [4.78, 5) is 0. The summed E-state index contributed by atoms with van der Waals surface area (Å²) in [6.45, 7) is 5.38. The average Bonchev–Trinajstić information content (AvgIpc) is 3.16. The number of nitrogens with one attached hydrogen (secondary N) is 1. The third-order valence-corrected chi connectivity index (χ3v) is 4.10. The van der Waals surface area contributed by atoms with Gasteiger partial charge in [0.2, 0.25) is 0 Å². The molecular weight excluding hydrogens is 234 g/mol. The molecule has 0 aliphatic heterocycles. The van der Waals surface area contributed by atoms with Gasteiger partial charge in [-0.2, -0.15) is 0 Å². The lowest BCUT2D eigenvalue weighted by molar-refractivity contribution is 0.468. The van der Waals surface area contributed by atoms with Crippen molar-refractivity contribution >= 4 is 11.0 Å². The molecule has 1 atom stereocenters. The van der Waals surface area contributed by atoms with E-state index in [2.05, 4.69) is 43.4 Å². The molecule has 1 saturated carbocycles. The molecule has 19 heavy (non-hydrogen) atoms. The van der Waals surface area contributed by atoms with E-state index >= 15 is 0 Å². The Morgan fingerprint density at radius 2 is 2.05 bits per heavy atom. The van der Waals surface area contributed by atoms with E-state index in [9.17, 15) is 0 Å². The number of aryl methyl sites for hydroxylation is 1. The average molecular weight is 257 g/mol. The summed E-state index contributed by atoms with van der Waals surface area (Å²) in [6, 6.07) is 8.90. The highest BCUT2D eigenvalue weighted by Crippen LogP contribution is 2.41. The monoisotopic (exact) mass is 257 g/mol. The normalized spacial score (nSPS) is 16.9. The van der Waals surface area contributed by atoms with Crippen molar-refractivity contribution < 1.29 is 4.42 Å². The molecule has 102 valence electrons. The standard InChI is InChI=1S/C17H23NO/c1-3-15-17(13-7-5-6-8-16(13)19-15)14(18-4-2)11-12-9-10-12/h5-8,12,14,18H,3-4,9-11H2,1-2H3. The topological polar surface area (TPSA) is 25.2 Å². The van der Waals surface area contributed by atoms with Crippen LogP contribution < -0.4 is 5.32 Å². The number of furan rings is 1. The fraction of sp³-hybridized carbons (Fsp3) is 0.529. The predicted octanol–water partition coefficient (Wildman–Crippen LogP) is 4.45. The molecule has 0 spiro atoms. The van der Waals surface area contributed by atoms with Crippen molar-refractivity contribution in [3.63, 3.8) is 0 Å². The minimum atomic E-state index is 0.455. The van der Waals surface area contributed by atoms with E-state index in [1.54, 1.807) is 0 Å². The summed E-state index contributed by atoms with van der Waals surface area (Å²) in [7, 11) is 0. The van der Waals surface area contributed by atoms with Gasteiger partial charge >= 0.3 is 0 Å². The molecule has 1 fully saturated rings. The molecule has 1 aliphatic carbocycles. The molecule has 0 radical (unpaired) electrons. The summed E-state index contributed by atoms with van der Waals surface area (Å²) in [5, 5.41) is 4.96. The van der Waals surface area contributed by atoms with Gasteiger partial charge in [0.25, 0.3) is 0 Å². The highest BCUT2D eigenvalue weighted by molar-refractivity contribution is 5.82. The van der Waals surface area contributed by atoms with E-state index in [0.717, 1.165) is 30.2 Å². The highest BCUT2D eigenvalue weighted by atomic mass is 16.3. The summed E-state index contributed by atoms with van der Waals surface area (Å²) in [5.74, 6) is 2.08. The van der Waals surface area contributed by atoms with Crippen LogP contribution >= 0.6 is 0 Å². The second-order valence-corrected chi connectivity index (χ2v) is 5.58. The fourth-order valence-electron chi connectivity index (χ4n) is 3.00. The van der Waals surface area contributed by atoms with Gasteiger partial charge in [-0.3, -0.25) is 0 Å². The Morgan fingerprint density at radius 3 is 2.74 bits per heavy atom. The first-order valence-electron chi connectivity index (χ1n) is 7.57. The van der Waals surface area contributed by atoms with Gasteiger partial charge in [-0.25, -0.2) is 0 Å². The van der Waals surface area contributed by atoms with Crippen LogP contribution in [0.15, 0.2) is 28.7 Å². The number of para-hydroxylation sites is 1. The van der Waals surface area contributed by atoms with E-state index in [-0.39, 0.29) is 0 Å². The Morgan fingerprint density at radius 1 is 1.26 bits per heavy atom. The third kappa shape index (κ3) is 2.55. The van der Waals surface area contributed by atoms with Crippen LogP contribution in [0.4, 0.5) is 0 Å². The van der Waals surface area contributed by atoms with Gasteiger partial charge in [-0.15, -0.1) is 0 Å². The maximum absolute atomic E-state index is 6.04. The largest absolute Gasteiger partial charge is 0.461 e. The molecule has 1 N–H and O–H groups in total.